The maximum Gasteiger partial charge on any atom is -0.00179 e. The second-order valence-electron chi connectivity index (χ2n) is 4.69. The molecule has 0 aliphatic heterocycles. The molecule has 1 aliphatic carbocycles. The van der Waals surface area contributed by atoms with Crippen LogP contribution in [0.5, 0.6) is 0 Å². The number of nitrogens with two attached hydrogens (primary N) is 1. The van der Waals surface area contributed by atoms with Crippen LogP contribution in [0.15, 0.2) is 0 Å². The molecule has 0 aromatic rings. The quantitative estimate of drug-likeness (QED) is 0.671. The fourth-order valence-electron chi connectivity index (χ4n) is 2.86. The summed E-state index contributed by atoms with van der Waals surface area (Å²) in [5.74, 6) is 0.918. The van der Waals surface area contributed by atoms with Gasteiger partial charge in [-0.1, -0.05) is 46.0 Å². The van der Waals surface area contributed by atoms with Crippen molar-refractivity contribution in [3.63, 3.8) is 0 Å². The monoisotopic (exact) mass is 183 g/mol. The van der Waals surface area contributed by atoms with E-state index >= 15 is 0 Å². The SMILES string of the molecule is CCCC(CCC)C1(CN)CCC1. The van der Waals surface area contributed by atoms with Crippen molar-refractivity contribution in [3.8, 4) is 0 Å². The van der Waals surface area contributed by atoms with Crippen LogP contribution in [-0.2, 0) is 0 Å². The topological polar surface area (TPSA) is 26.0 Å². The number of hydrogen-bond donors (Lipinski definition) is 1. The molecule has 0 bridgehead atoms. The van der Waals surface area contributed by atoms with Crippen molar-refractivity contribution in [1.82, 2.24) is 0 Å². The van der Waals surface area contributed by atoms with Gasteiger partial charge in [0.05, 0.1) is 0 Å². The molecule has 0 unspecified atom stereocenters. The van der Waals surface area contributed by atoms with Gasteiger partial charge < -0.3 is 5.73 Å². The minimum atomic E-state index is 0.562. The Hall–Kier alpha value is -0.0400. The number of hydrogen-bond acceptors (Lipinski definition) is 1. The van der Waals surface area contributed by atoms with Gasteiger partial charge in [-0.05, 0) is 30.7 Å². The molecule has 1 nitrogen and oxygen atoms in total. The Kier molecular flexibility index (Phi) is 4.24. The van der Waals surface area contributed by atoms with Gasteiger partial charge >= 0.3 is 0 Å². The molecule has 0 radical (unpaired) electrons. The third-order valence-corrected chi connectivity index (χ3v) is 3.90. The van der Waals surface area contributed by atoms with Gasteiger partial charge in [-0.25, -0.2) is 0 Å². The largest absolute Gasteiger partial charge is 0.330 e. The van der Waals surface area contributed by atoms with E-state index in [1.807, 2.05) is 0 Å². The molecule has 0 saturated heterocycles. The normalized spacial score (nSPS) is 20.3. The summed E-state index contributed by atoms with van der Waals surface area (Å²) in [7, 11) is 0. The molecule has 0 atom stereocenters. The summed E-state index contributed by atoms with van der Waals surface area (Å²) in [5.41, 5.74) is 6.49. The Morgan fingerprint density at radius 1 is 1.15 bits per heavy atom. The predicted octanol–water partition coefficient (Wildman–Crippen LogP) is 3.33. The second-order valence-corrected chi connectivity index (χ2v) is 4.69. The van der Waals surface area contributed by atoms with Gasteiger partial charge in [-0.2, -0.15) is 0 Å². The molecular formula is C12H25N. The second kappa shape index (κ2) is 4.99. The smallest absolute Gasteiger partial charge is 0.00179 e. The lowest BCUT2D eigenvalue weighted by Crippen LogP contribution is -2.43. The Bertz CT molecular complexity index is 127. The molecule has 1 fully saturated rings. The van der Waals surface area contributed by atoms with E-state index in [9.17, 15) is 0 Å². The maximum atomic E-state index is 5.93. The summed E-state index contributed by atoms with van der Waals surface area (Å²) < 4.78 is 0. The van der Waals surface area contributed by atoms with E-state index < -0.39 is 0 Å². The van der Waals surface area contributed by atoms with E-state index in [-0.39, 0.29) is 0 Å². The fourth-order valence-corrected chi connectivity index (χ4v) is 2.86. The molecule has 0 heterocycles. The first-order valence-corrected chi connectivity index (χ1v) is 5.99. The van der Waals surface area contributed by atoms with Crippen LogP contribution < -0.4 is 5.73 Å². The summed E-state index contributed by atoms with van der Waals surface area (Å²) in [5, 5.41) is 0. The third-order valence-electron chi connectivity index (χ3n) is 3.90. The molecule has 0 spiro atoms. The highest BCUT2D eigenvalue weighted by molar-refractivity contribution is 4.93. The van der Waals surface area contributed by atoms with Crippen molar-refractivity contribution < 1.29 is 0 Å². The molecule has 13 heavy (non-hydrogen) atoms. The van der Waals surface area contributed by atoms with E-state index in [1.165, 1.54) is 44.9 Å². The van der Waals surface area contributed by atoms with Crippen molar-refractivity contribution in [2.75, 3.05) is 6.54 Å². The average molecular weight is 183 g/mol. The Labute approximate surface area is 83.1 Å². The summed E-state index contributed by atoms with van der Waals surface area (Å²) in [6, 6.07) is 0. The van der Waals surface area contributed by atoms with Gasteiger partial charge in [0.25, 0.3) is 0 Å². The highest BCUT2D eigenvalue weighted by atomic mass is 14.6. The molecule has 1 aliphatic rings. The fraction of sp³-hybridized carbons (Fsp3) is 1.00. The zero-order valence-corrected chi connectivity index (χ0v) is 9.31. The van der Waals surface area contributed by atoms with E-state index in [2.05, 4.69) is 13.8 Å². The zero-order valence-electron chi connectivity index (χ0n) is 9.31. The minimum absolute atomic E-state index is 0.562. The lowest BCUT2D eigenvalue weighted by Gasteiger charge is -2.47. The van der Waals surface area contributed by atoms with Crippen molar-refractivity contribution in [1.29, 1.82) is 0 Å². The van der Waals surface area contributed by atoms with Crippen LogP contribution in [0.4, 0.5) is 0 Å². The zero-order chi connectivity index (χ0) is 9.73. The van der Waals surface area contributed by atoms with Gasteiger partial charge in [0, 0.05) is 0 Å². The number of rotatable bonds is 6. The molecule has 2 N–H and O–H groups in total. The van der Waals surface area contributed by atoms with Crippen LogP contribution >= 0.6 is 0 Å². The van der Waals surface area contributed by atoms with Crippen LogP contribution in [-0.4, -0.2) is 6.54 Å². The van der Waals surface area contributed by atoms with E-state index in [4.69, 9.17) is 5.73 Å². The molecular weight excluding hydrogens is 158 g/mol. The Morgan fingerprint density at radius 3 is 1.92 bits per heavy atom. The highest BCUT2D eigenvalue weighted by Gasteiger charge is 2.41. The van der Waals surface area contributed by atoms with Crippen molar-refractivity contribution in [2.24, 2.45) is 17.1 Å². The van der Waals surface area contributed by atoms with Crippen LogP contribution in [0.2, 0.25) is 0 Å². The molecule has 0 aromatic carbocycles. The summed E-state index contributed by atoms with van der Waals surface area (Å²) in [4.78, 5) is 0. The lowest BCUT2D eigenvalue weighted by atomic mass is 9.59. The highest BCUT2D eigenvalue weighted by Crippen LogP contribution is 2.49. The molecule has 1 rings (SSSR count). The van der Waals surface area contributed by atoms with Gasteiger partial charge in [-0.3, -0.25) is 0 Å². The third kappa shape index (κ3) is 2.25. The van der Waals surface area contributed by atoms with Crippen LogP contribution in [0, 0.1) is 11.3 Å². The first-order chi connectivity index (χ1) is 6.29. The molecule has 0 amide bonds. The standard InChI is InChI=1S/C12H25N/c1-3-6-11(7-4-2)12(10-13)8-5-9-12/h11H,3-10,13H2,1-2H3. The van der Waals surface area contributed by atoms with Gasteiger partial charge in [0.2, 0.25) is 0 Å². The summed E-state index contributed by atoms with van der Waals surface area (Å²) >= 11 is 0. The van der Waals surface area contributed by atoms with Gasteiger partial charge in [-0.15, -0.1) is 0 Å². The molecule has 1 heteroatoms. The van der Waals surface area contributed by atoms with E-state index in [0.717, 1.165) is 12.5 Å². The van der Waals surface area contributed by atoms with Crippen LogP contribution in [0.25, 0.3) is 0 Å². The van der Waals surface area contributed by atoms with Crippen LogP contribution in [0.1, 0.15) is 58.8 Å². The summed E-state index contributed by atoms with van der Waals surface area (Å²) in [6.07, 6.45) is 9.65. The van der Waals surface area contributed by atoms with Crippen LogP contribution in [0.3, 0.4) is 0 Å². The Balaban J connectivity index is 2.49. The van der Waals surface area contributed by atoms with Gasteiger partial charge in [0.15, 0.2) is 0 Å². The van der Waals surface area contributed by atoms with Crippen molar-refractivity contribution in [2.45, 2.75) is 58.8 Å². The van der Waals surface area contributed by atoms with Gasteiger partial charge in [0.1, 0.15) is 0 Å². The average Bonchev–Trinajstić information content (AvgIpc) is 2.04. The lowest BCUT2D eigenvalue weighted by molar-refractivity contribution is 0.0465. The van der Waals surface area contributed by atoms with Crippen molar-refractivity contribution in [3.05, 3.63) is 0 Å². The maximum absolute atomic E-state index is 5.93. The van der Waals surface area contributed by atoms with Crippen molar-refractivity contribution >= 4 is 0 Å². The molecule has 1 saturated carbocycles. The first-order valence-electron chi connectivity index (χ1n) is 5.99. The summed E-state index contributed by atoms with van der Waals surface area (Å²) in [6.45, 7) is 5.52. The van der Waals surface area contributed by atoms with E-state index in [0.29, 0.717) is 5.41 Å². The molecule has 0 aromatic heterocycles. The minimum Gasteiger partial charge on any atom is -0.330 e. The molecule has 78 valence electrons. The first kappa shape index (κ1) is 11.0. The Morgan fingerprint density at radius 2 is 1.69 bits per heavy atom. The predicted molar refractivity (Wildman–Crippen MR) is 58.6 cm³/mol. The van der Waals surface area contributed by atoms with E-state index in [1.54, 1.807) is 0 Å².